The summed E-state index contributed by atoms with van der Waals surface area (Å²) in [6.07, 6.45) is 7.41. The van der Waals surface area contributed by atoms with Crippen LogP contribution >= 0.6 is 0 Å². The number of nitro benzene ring substituents is 1. The molecule has 1 heterocycles. The molecule has 0 N–H and O–H groups in total. The maximum atomic E-state index is 12.3. The quantitative estimate of drug-likeness (QED) is 0.613. The first-order chi connectivity index (χ1) is 9.51. The lowest BCUT2D eigenvalue weighted by Crippen LogP contribution is -2.13. The first kappa shape index (κ1) is 13.8. The zero-order chi connectivity index (χ0) is 14.6. The van der Waals surface area contributed by atoms with Gasteiger partial charge in [0.1, 0.15) is 0 Å². The molecule has 2 rings (SSSR count). The lowest BCUT2D eigenvalue weighted by atomic mass is 10.3. The van der Waals surface area contributed by atoms with Crippen molar-refractivity contribution in [3.8, 4) is 0 Å². The van der Waals surface area contributed by atoms with E-state index in [4.69, 9.17) is 0 Å². The number of allylic oxidation sites excluding steroid dienone is 3. The third-order valence-corrected chi connectivity index (χ3v) is 4.06. The molecule has 0 aromatic heterocycles. The Morgan fingerprint density at radius 3 is 2.40 bits per heavy atom. The highest BCUT2D eigenvalue weighted by Gasteiger charge is 2.21. The van der Waals surface area contributed by atoms with Gasteiger partial charge in [0.2, 0.25) is 9.84 Å². The van der Waals surface area contributed by atoms with Crippen LogP contribution in [0.3, 0.4) is 0 Å². The lowest BCUT2D eigenvalue weighted by Gasteiger charge is -2.03. The lowest BCUT2D eigenvalue weighted by molar-refractivity contribution is -0.384. The zero-order valence-corrected chi connectivity index (χ0v) is 10.9. The second kappa shape index (κ2) is 5.57. The first-order valence-corrected chi connectivity index (χ1v) is 6.94. The van der Waals surface area contributed by atoms with Gasteiger partial charge in [-0.1, -0.05) is 12.2 Å². The Morgan fingerprint density at radius 2 is 1.75 bits per heavy atom. The Labute approximate surface area is 114 Å². The van der Waals surface area contributed by atoms with Gasteiger partial charge in [-0.2, -0.15) is 5.10 Å². The molecule has 0 saturated heterocycles. The SMILES string of the molecule is O=[N+]([O-])c1ccc(S(=O)(=O)C2=N/N=C\C=C/C=C\2)cc1. The summed E-state index contributed by atoms with van der Waals surface area (Å²) < 4.78 is 24.6. The molecule has 20 heavy (non-hydrogen) atoms. The fourth-order valence-corrected chi connectivity index (χ4v) is 2.57. The fraction of sp³-hybridized carbons (Fsp3) is 0. The van der Waals surface area contributed by atoms with E-state index in [2.05, 4.69) is 10.2 Å². The van der Waals surface area contributed by atoms with Crippen LogP contribution in [0, 0.1) is 10.1 Å². The Hall–Kier alpha value is -2.61. The van der Waals surface area contributed by atoms with Crippen LogP contribution < -0.4 is 0 Å². The molecule has 102 valence electrons. The van der Waals surface area contributed by atoms with Crippen LogP contribution in [0.25, 0.3) is 0 Å². The molecular formula is C12H9N3O4S. The van der Waals surface area contributed by atoms with E-state index >= 15 is 0 Å². The topological polar surface area (TPSA) is 102 Å². The van der Waals surface area contributed by atoms with E-state index in [1.165, 1.54) is 30.5 Å². The summed E-state index contributed by atoms with van der Waals surface area (Å²) in [6.45, 7) is 0. The van der Waals surface area contributed by atoms with Crippen LogP contribution in [0.1, 0.15) is 0 Å². The Bertz CT molecular complexity index is 743. The normalized spacial score (nSPS) is 21.9. The first-order valence-electron chi connectivity index (χ1n) is 5.46. The van der Waals surface area contributed by atoms with E-state index in [-0.39, 0.29) is 15.6 Å². The van der Waals surface area contributed by atoms with Crippen LogP contribution in [0.15, 0.2) is 63.7 Å². The molecule has 0 spiro atoms. The highest BCUT2D eigenvalue weighted by molar-refractivity contribution is 8.06. The maximum absolute atomic E-state index is 12.3. The Morgan fingerprint density at radius 1 is 1.05 bits per heavy atom. The van der Waals surface area contributed by atoms with Crippen LogP contribution in [-0.4, -0.2) is 24.6 Å². The molecule has 0 saturated carbocycles. The number of non-ortho nitro benzene ring substituents is 1. The molecule has 0 amide bonds. The van der Waals surface area contributed by atoms with E-state index in [1.54, 1.807) is 12.2 Å². The molecule has 1 aliphatic heterocycles. The van der Waals surface area contributed by atoms with Crippen LogP contribution in [0.2, 0.25) is 0 Å². The average molecular weight is 291 g/mol. The average Bonchev–Trinajstić information content (AvgIpc) is 2.38. The summed E-state index contributed by atoms with van der Waals surface area (Å²) in [5.41, 5.74) is -0.181. The van der Waals surface area contributed by atoms with Gasteiger partial charge in [-0.15, -0.1) is 5.10 Å². The number of rotatable bonds is 2. The van der Waals surface area contributed by atoms with Crippen LogP contribution in [-0.2, 0) is 9.84 Å². The molecule has 8 heteroatoms. The molecule has 1 aromatic rings. The van der Waals surface area contributed by atoms with Gasteiger partial charge < -0.3 is 0 Å². The van der Waals surface area contributed by atoms with Crippen LogP contribution in [0.4, 0.5) is 5.69 Å². The van der Waals surface area contributed by atoms with Crippen molar-refractivity contribution >= 4 is 26.8 Å². The molecule has 0 atom stereocenters. The van der Waals surface area contributed by atoms with Gasteiger partial charge >= 0.3 is 0 Å². The maximum Gasteiger partial charge on any atom is 0.269 e. The van der Waals surface area contributed by atoms with Crippen molar-refractivity contribution in [2.75, 3.05) is 0 Å². The predicted octanol–water partition coefficient (Wildman–Crippen LogP) is 1.88. The van der Waals surface area contributed by atoms with E-state index in [9.17, 15) is 18.5 Å². The van der Waals surface area contributed by atoms with E-state index in [1.807, 2.05) is 0 Å². The number of nitrogens with zero attached hydrogens (tertiary/aromatic N) is 3. The minimum absolute atomic E-state index is 0.0775. The molecule has 7 nitrogen and oxygen atoms in total. The van der Waals surface area contributed by atoms with Gasteiger partial charge in [-0.3, -0.25) is 10.1 Å². The van der Waals surface area contributed by atoms with Crippen molar-refractivity contribution in [3.63, 3.8) is 0 Å². The molecular weight excluding hydrogens is 282 g/mol. The van der Waals surface area contributed by atoms with E-state index in [0.717, 1.165) is 12.1 Å². The Balaban J connectivity index is 2.42. The van der Waals surface area contributed by atoms with Crippen molar-refractivity contribution in [1.29, 1.82) is 0 Å². The number of hydrogen-bond acceptors (Lipinski definition) is 6. The summed E-state index contributed by atoms with van der Waals surface area (Å²) in [6, 6.07) is 4.59. The zero-order valence-electron chi connectivity index (χ0n) is 10.1. The molecule has 0 radical (unpaired) electrons. The molecule has 1 aromatic carbocycles. The smallest absolute Gasteiger partial charge is 0.258 e. The predicted molar refractivity (Wildman–Crippen MR) is 74.5 cm³/mol. The van der Waals surface area contributed by atoms with Gasteiger partial charge in [0.15, 0.2) is 5.04 Å². The Kier molecular flexibility index (Phi) is 3.85. The highest BCUT2D eigenvalue weighted by atomic mass is 32.2. The summed E-state index contributed by atoms with van der Waals surface area (Å²) in [4.78, 5) is 9.87. The third kappa shape index (κ3) is 2.86. The van der Waals surface area contributed by atoms with Gasteiger partial charge in [0, 0.05) is 18.3 Å². The molecule has 0 unspecified atom stereocenters. The standard InChI is InChI=1S/C12H9N3O4S/c16-15(17)10-5-7-11(8-6-10)20(18,19)12-4-2-1-3-9-13-14-12/h1-9H/b2-1?,3-1-,4-2-,9-3?,12-4?,13-9-,14-12+,14-13?. The second-order valence-corrected chi connectivity index (χ2v) is 5.60. The number of hydrogen-bond donors (Lipinski definition) is 0. The molecule has 0 aliphatic carbocycles. The van der Waals surface area contributed by atoms with Crippen molar-refractivity contribution in [2.45, 2.75) is 4.90 Å². The number of nitro groups is 1. The van der Waals surface area contributed by atoms with Gasteiger partial charge in [0.25, 0.3) is 5.69 Å². The van der Waals surface area contributed by atoms with Gasteiger partial charge in [-0.25, -0.2) is 8.42 Å². The molecule has 0 fully saturated rings. The van der Waals surface area contributed by atoms with Crippen molar-refractivity contribution in [2.24, 2.45) is 10.2 Å². The van der Waals surface area contributed by atoms with Crippen molar-refractivity contribution in [3.05, 3.63) is 58.7 Å². The minimum Gasteiger partial charge on any atom is -0.258 e. The third-order valence-electron chi connectivity index (χ3n) is 2.40. The monoisotopic (exact) mass is 291 g/mol. The van der Waals surface area contributed by atoms with E-state index in [0.29, 0.717) is 0 Å². The van der Waals surface area contributed by atoms with Crippen LogP contribution in [0.5, 0.6) is 0 Å². The number of benzene rings is 1. The molecule has 0 bridgehead atoms. The minimum atomic E-state index is -3.85. The second-order valence-electron chi connectivity index (χ2n) is 3.70. The van der Waals surface area contributed by atoms with Gasteiger partial charge in [0.05, 0.1) is 9.82 Å². The van der Waals surface area contributed by atoms with Gasteiger partial charge in [-0.05, 0) is 24.3 Å². The summed E-state index contributed by atoms with van der Waals surface area (Å²) >= 11 is 0. The van der Waals surface area contributed by atoms with Crippen molar-refractivity contribution in [1.82, 2.24) is 0 Å². The summed E-state index contributed by atoms with van der Waals surface area (Å²) in [5, 5.41) is 17.5. The molecule has 1 aliphatic rings. The largest absolute Gasteiger partial charge is 0.269 e. The van der Waals surface area contributed by atoms with Crippen molar-refractivity contribution < 1.29 is 13.3 Å². The fourth-order valence-electron chi connectivity index (χ4n) is 1.42. The number of sulfone groups is 1. The highest BCUT2D eigenvalue weighted by Crippen LogP contribution is 2.18. The summed E-state index contributed by atoms with van der Waals surface area (Å²) in [7, 11) is -3.85. The van der Waals surface area contributed by atoms with E-state index < -0.39 is 14.8 Å². The summed E-state index contributed by atoms with van der Waals surface area (Å²) in [5.74, 6) is 0.